The first-order chi connectivity index (χ1) is 9.81. The zero-order valence-electron chi connectivity index (χ0n) is 13.8. The van der Waals surface area contributed by atoms with Crippen LogP contribution in [0.15, 0.2) is 23.3 Å². The van der Waals surface area contributed by atoms with Crippen LogP contribution < -0.4 is 0 Å². The number of hydrogen-bond donors (Lipinski definition) is 1. The van der Waals surface area contributed by atoms with Gasteiger partial charge in [-0.1, -0.05) is 37.1 Å². The number of methoxy groups -OCH3 is 1. The van der Waals surface area contributed by atoms with Crippen molar-refractivity contribution in [1.29, 1.82) is 0 Å². The fourth-order valence-electron chi connectivity index (χ4n) is 2.10. The average molecular weight is 296 g/mol. The van der Waals surface area contributed by atoms with Gasteiger partial charge in [0.25, 0.3) is 0 Å². The molecule has 0 heterocycles. The average Bonchev–Trinajstić information content (AvgIpc) is 2.43. The van der Waals surface area contributed by atoms with Gasteiger partial charge in [-0.15, -0.1) is 0 Å². The molecule has 0 saturated heterocycles. The molecule has 2 atom stereocenters. The lowest BCUT2D eigenvalue weighted by molar-refractivity contribution is -0.151. The van der Waals surface area contributed by atoms with E-state index < -0.39 is 17.9 Å². The van der Waals surface area contributed by atoms with Crippen molar-refractivity contribution < 1.29 is 19.4 Å². The standard InChI is InChI=1S/C17H28O4/c1-6-12(2)8-7-9-13(3)10-14(4)15(17(19)20)11-16(18)21-5/h8,10,14-15H,6-7,9,11H2,1-5H3,(H,19,20). The minimum absolute atomic E-state index is 0.0916. The van der Waals surface area contributed by atoms with E-state index in [9.17, 15) is 14.7 Å². The molecule has 0 rings (SSSR count). The third-order valence-corrected chi connectivity index (χ3v) is 3.70. The second-order valence-corrected chi connectivity index (χ2v) is 5.54. The van der Waals surface area contributed by atoms with Crippen LogP contribution in [0.1, 0.15) is 53.4 Å². The lowest BCUT2D eigenvalue weighted by Gasteiger charge is -2.17. The highest BCUT2D eigenvalue weighted by atomic mass is 16.5. The van der Waals surface area contributed by atoms with Gasteiger partial charge >= 0.3 is 11.9 Å². The minimum atomic E-state index is -0.960. The summed E-state index contributed by atoms with van der Waals surface area (Å²) in [6, 6.07) is 0. The molecule has 4 nitrogen and oxygen atoms in total. The van der Waals surface area contributed by atoms with E-state index in [-0.39, 0.29) is 12.3 Å². The molecule has 2 unspecified atom stereocenters. The van der Waals surface area contributed by atoms with Crippen LogP contribution in [0, 0.1) is 11.8 Å². The van der Waals surface area contributed by atoms with E-state index in [1.165, 1.54) is 12.7 Å². The number of aliphatic carboxylic acids is 1. The van der Waals surface area contributed by atoms with Gasteiger partial charge in [-0.25, -0.2) is 0 Å². The van der Waals surface area contributed by atoms with Gasteiger partial charge in [0.1, 0.15) is 0 Å². The van der Waals surface area contributed by atoms with Crippen LogP contribution >= 0.6 is 0 Å². The van der Waals surface area contributed by atoms with Crippen LogP contribution in [0.4, 0.5) is 0 Å². The topological polar surface area (TPSA) is 63.6 Å². The van der Waals surface area contributed by atoms with E-state index >= 15 is 0 Å². The van der Waals surface area contributed by atoms with Crippen molar-refractivity contribution in [3.05, 3.63) is 23.3 Å². The second-order valence-electron chi connectivity index (χ2n) is 5.54. The quantitative estimate of drug-likeness (QED) is 0.516. The summed E-state index contributed by atoms with van der Waals surface area (Å²) in [7, 11) is 1.27. The summed E-state index contributed by atoms with van der Waals surface area (Å²) in [5.74, 6) is -2.38. The molecule has 0 aromatic heterocycles. The Bertz CT molecular complexity index is 407. The van der Waals surface area contributed by atoms with E-state index in [2.05, 4.69) is 24.7 Å². The Morgan fingerprint density at radius 3 is 2.33 bits per heavy atom. The van der Waals surface area contributed by atoms with Gasteiger partial charge in [-0.2, -0.15) is 0 Å². The highest BCUT2D eigenvalue weighted by molar-refractivity contribution is 5.79. The molecular formula is C17H28O4. The van der Waals surface area contributed by atoms with Gasteiger partial charge in [-0.3, -0.25) is 9.59 Å². The molecule has 120 valence electrons. The first kappa shape index (κ1) is 19.4. The summed E-state index contributed by atoms with van der Waals surface area (Å²) in [6.45, 7) is 8.07. The van der Waals surface area contributed by atoms with E-state index in [0.29, 0.717) is 0 Å². The van der Waals surface area contributed by atoms with Crippen molar-refractivity contribution in [2.24, 2.45) is 11.8 Å². The molecule has 0 aliphatic carbocycles. The summed E-state index contributed by atoms with van der Waals surface area (Å²) in [6.07, 6.45) is 7.00. The third kappa shape index (κ3) is 8.33. The van der Waals surface area contributed by atoms with Crippen molar-refractivity contribution in [2.75, 3.05) is 7.11 Å². The number of carboxylic acids is 1. The van der Waals surface area contributed by atoms with Crippen LogP contribution in [0.3, 0.4) is 0 Å². The predicted octanol–water partition coefficient (Wildman–Crippen LogP) is 3.97. The Morgan fingerprint density at radius 2 is 1.86 bits per heavy atom. The van der Waals surface area contributed by atoms with Gasteiger partial charge in [0.2, 0.25) is 0 Å². The van der Waals surface area contributed by atoms with Crippen LogP contribution in [-0.4, -0.2) is 24.2 Å². The van der Waals surface area contributed by atoms with Crippen molar-refractivity contribution in [3.63, 3.8) is 0 Å². The van der Waals surface area contributed by atoms with Crippen LogP contribution in [0.25, 0.3) is 0 Å². The molecule has 1 N–H and O–H groups in total. The van der Waals surface area contributed by atoms with E-state index in [1.54, 1.807) is 0 Å². The maximum absolute atomic E-state index is 11.3. The lowest BCUT2D eigenvalue weighted by atomic mass is 9.89. The highest BCUT2D eigenvalue weighted by Crippen LogP contribution is 2.21. The molecule has 0 bridgehead atoms. The Balaban J connectivity index is 4.64. The van der Waals surface area contributed by atoms with Gasteiger partial charge in [0.05, 0.1) is 19.4 Å². The Kier molecular flexibility index (Phi) is 9.42. The zero-order valence-corrected chi connectivity index (χ0v) is 13.8. The number of carbonyl (C=O) groups is 2. The SMILES string of the molecule is CCC(C)=CCCC(C)=CC(C)C(CC(=O)OC)C(=O)O. The predicted molar refractivity (Wildman–Crippen MR) is 84.0 cm³/mol. The number of carbonyl (C=O) groups excluding carboxylic acids is 1. The molecule has 0 fully saturated rings. The largest absolute Gasteiger partial charge is 0.481 e. The van der Waals surface area contributed by atoms with Gasteiger partial charge < -0.3 is 9.84 Å². The molecule has 0 amide bonds. The Hall–Kier alpha value is -1.58. The van der Waals surface area contributed by atoms with Gasteiger partial charge in [0, 0.05) is 0 Å². The highest BCUT2D eigenvalue weighted by Gasteiger charge is 2.26. The van der Waals surface area contributed by atoms with E-state index in [0.717, 1.165) is 24.8 Å². The normalized spacial score (nSPS) is 15.5. The molecule has 0 saturated carbocycles. The minimum Gasteiger partial charge on any atom is -0.481 e. The van der Waals surface area contributed by atoms with Gasteiger partial charge in [0.15, 0.2) is 0 Å². The van der Waals surface area contributed by atoms with E-state index in [4.69, 9.17) is 0 Å². The maximum Gasteiger partial charge on any atom is 0.307 e. The molecule has 0 aromatic carbocycles. The molecule has 0 radical (unpaired) electrons. The fraction of sp³-hybridized carbons (Fsp3) is 0.647. The summed E-state index contributed by atoms with van der Waals surface area (Å²) < 4.78 is 4.56. The number of ether oxygens (including phenoxy) is 1. The van der Waals surface area contributed by atoms with Gasteiger partial charge in [-0.05, 0) is 39.0 Å². The molecule has 0 aliphatic heterocycles. The number of esters is 1. The van der Waals surface area contributed by atoms with Crippen molar-refractivity contribution >= 4 is 11.9 Å². The summed E-state index contributed by atoms with van der Waals surface area (Å²) in [5.41, 5.74) is 2.52. The maximum atomic E-state index is 11.3. The number of carboxylic acid groups (broad SMARTS) is 1. The second kappa shape index (κ2) is 10.2. The molecule has 0 aliphatic rings. The van der Waals surface area contributed by atoms with Crippen LogP contribution in [0.2, 0.25) is 0 Å². The summed E-state index contributed by atoms with van der Waals surface area (Å²) in [5, 5.41) is 9.24. The smallest absolute Gasteiger partial charge is 0.307 e. The number of allylic oxidation sites excluding steroid dienone is 4. The summed E-state index contributed by atoms with van der Waals surface area (Å²) >= 11 is 0. The van der Waals surface area contributed by atoms with Crippen LogP contribution in [0.5, 0.6) is 0 Å². The Labute approximate surface area is 127 Å². The Morgan fingerprint density at radius 1 is 1.24 bits per heavy atom. The number of hydrogen-bond acceptors (Lipinski definition) is 3. The lowest BCUT2D eigenvalue weighted by Crippen LogP contribution is -2.24. The zero-order chi connectivity index (χ0) is 16.4. The van der Waals surface area contributed by atoms with Crippen molar-refractivity contribution in [3.8, 4) is 0 Å². The summed E-state index contributed by atoms with van der Waals surface area (Å²) in [4.78, 5) is 22.6. The molecular weight excluding hydrogens is 268 g/mol. The van der Waals surface area contributed by atoms with Crippen molar-refractivity contribution in [2.45, 2.75) is 53.4 Å². The molecule has 0 aromatic rings. The molecule has 0 spiro atoms. The third-order valence-electron chi connectivity index (χ3n) is 3.70. The first-order valence-electron chi connectivity index (χ1n) is 7.44. The monoisotopic (exact) mass is 296 g/mol. The molecule has 4 heteroatoms. The fourth-order valence-corrected chi connectivity index (χ4v) is 2.10. The first-order valence-corrected chi connectivity index (χ1v) is 7.44. The van der Waals surface area contributed by atoms with Crippen molar-refractivity contribution in [1.82, 2.24) is 0 Å². The van der Waals surface area contributed by atoms with Crippen LogP contribution in [-0.2, 0) is 14.3 Å². The number of rotatable bonds is 9. The van der Waals surface area contributed by atoms with E-state index in [1.807, 2.05) is 19.9 Å². The molecule has 21 heavy (non-hydrogen) atoms.